The van der Waals surface area contributed by atoms with E-state index >= 15 is 0 Å². The molecule has 2 aromatic rings. The number of unbranched alkanes of at least 4 members (excludes halogenated alkanes) is 1. The Labute approximate surface area is 143 Å². The number of hydrogen-bond acceptors (Lipinski definition) is 3. The van der Waals surface area contributed by atoms with Gasteiger partial charge in [0.25, 0.3) is 0 Å². The third kappa shape index (κ3) is 4.85. The lowest BCUT2D eigenvalue weighted by Crippen LogP contribution is -2.08. The van der Waals surface area contributed by atoms with Crippen molar-refractivity contribution >= 4 is 17.2 Å². The van der Waals surface area contributed by atoms with Crippen LogP contribution in [0, 0.1) is 23.7 Å². The number of carbonyl (C=O) groups excluding carboxylic acids is 1. The number of aliphatic hydroxyl groups is 1. The molecule has 0 unspecified atom stereocenters. The van der Waals surface area contributed by atoms with Gasteiger partial charge in [0.2, 0.25) is 0 Å². The van der Waals surface area contributed by atoms with Crippen molar-refractivity contribution in [1.82, 2.24) is 0 Å². The molecule has 0 spiro atoms. The Balaban J connectivity index is 2.29. The van der Waals surface area contributed by atoms with Gasteiger partial charge in [-0.05, 0) is 55.2 Å². The molecule has 25 heavy (non-hydrogen) atoms. The predicted molar refractivity (Wildman–Crippen MR) is 89.3 cm³/mol. The van der Waals surface area contributed by atoms with E-state index in [0.717, 1.165) is 6.07 Å². The van der Waals surface area contributed by atoms with Crippen LogP contribution in [0.4, 0.5) is 24.5 Å². The van der Waals surface area contributed by atoms with Crippen LogP contribution in [0.5, 0.6) is 0 Å². The fourth-order valence-electron chi connectivity index (χ4n) is 2.27. The summed E-state index contributed by atoms with van der Waals surface area (Å²) in [6.45, 7) is -0.0374. The molecule has 0 heterocycles. The third-order valence-electron chi connectivity index (χ3n) is 3.55. The maximum absolute atomic E-state index is 14.2. The molecular formula is C19H16F3NO2. The van der Waals surface area contributed by atoms with Crippen molar-refractivity contribution in [3.63, 3.8) is 0 Å². The second-order valence-electron chi connectivity index (χ2n) is 5.31. The Bertz CT molecular complexity index is 808. The van der Waals surface area contributed by atoms with Crippen LogP contribution < -0.4 is 5.32 Å². The van der Waals surface area contributed by atoms with E-state index in [-0.39, 0.29) is 30.1 Å². The number of anilines is 2. The number of aliphatic hydroxyl groups excluding tert-OH is 1. The van der Waals surface area contributed by atoms with Crippen LogP contribution in [0.25, 0.3) is 0 Å². The summed E-state index contributed by atoms with van der Waals surface area (Å²) in [4.78, 5) is 12.3. The average Bonchev–Trinajstić information content (AvgIpc) is 2.61. The standard InChI is InChI=1S/C19H16F3NO2/c20-11-10-13-4-6-14(7-5-13)23-19-15(8-9-16(21)18(19)22)17(25)3-1-2-12-24/h4-9,23-24H,1-3,12H2. The van der Waals surface area contributed by atoms with Gasteiger partial charge in [0.05, 0.1) is 5.69 Å². The zero-order valence-electron chi connectivity index (χ0n) is 13.3. The summed E-state index contributed by atoms with van der Waals surface area (Å²) >= 11 is 0. The normalized spacial score (nSPS) is 10.1. The highest BCUT2D eigenvalue weighted by Gasteiger charge is 2.18. The molecule has 2 aromatic carbocycles. The van der Waals surface area contributed by atoms with Crippen LogP contribution in [0.15, 0.2) is 36.4 Å². The zero-order valence-corrected chi connectivity index (χ0v) is 13.3. The summed E-state index contributed by atoms with van der Waals surface area (Å²) in [5, 5.41) is 11.5. The molecule has 0 amide bonds. The Morgan fingerprint density at radius 3 is 2.44 bits per heavy atom. The lowest BCUT2D eigenvalue weighted by molar-refractivity contribution is 0.0978. The highest BCUT2D eigenvalue weighted by Crippen LogP contribution is 2.28. The van der Waals surface area contributed by atoms with Gasteiger partial charge in [-0.15, -0.1) is 4.39 Å². The van der Waals surface area contributed by atoms with E-state index in [9.17, 15) is 18.0 Å². The van der Waals surface area contributed by atoms with Gasteiger partial charge in [0.15, 0.2) is 17.4 Å². The Morgan fingerprint density at radius 2 is 1.80 bits per heavy atom. The van der Waals surface area contributed by atoms with Gasteiger partial charge in [0, 0.05) is 29.8 Å². The van der Waals surface area contributed by atoms with Gasteiger partial charge in [-0.25, -0.2) is 8.78 Å². The monoisotopic (exact) mass is 347 g/mol. The van der Waals surface area contributed by atoms with Gasteiger partial charge >= 0.3 is 0 Å². The Kier molecular flexibility index (Phi) is 6.61. The first-order chi connectivity index (χ1) is 12.1. The van der Waals surface area contributed by atoms with Crippen molar-refractivity contribution in [1.29, 1.82) is 0 Å². The number of hydrogen-bond donors (Lipinski definition) is 2. The highest BCUT2D eigenvalue weighted by atomic mass is 19.2. The van der Waals surface area contributed by atoms with Crippen LogP contribution >= 0.6 is 0 Å². The lowest BCUT2D eigenvalue weighted by Gasteiger charge is -2.13. The molecule has 2 rings (SSSR count). The first kappa shape index (κ1) is 18.6. The molecule has 0 saturated carbocycles. The second-order valence-corrected chi connectivity index (χ2v) is 5.31. The highest BCUT2D eigenvalue weighted by molar-refractivity contribution is 6.02. The van der Waals surface area contributed by atoms with Crippen molar-refractivity contribution in [3.8, 4) is 12.1 Å². The fourth-order valence-corrected chi connectivity index (χ4v) is 2.27. The van der Waals surface area contributed by atoms with Gasteiger partial charge in [0.1, 0.15) is 6.17 Å². The maximum atomic E-state index is 14.2. The van der Waals surface area contributed by atoms with Crippen LogP contribution in [0.1, 0.15) is 35.2 Å². The fraction of sp³-hybridized carbons (Fsp3) is 0.211. The van der Waals surface area contributed by atoms with Crippen molar-refractivity contribution in [2.45, 2.75) is 19.3 Å². The number of benzene rings is 2. The lowest BCUT2D eigenvalue weighted by atomic mass is 10.0. The van der Waals surface area contributed by atoms with E-state index in [2.05, 4.69) is 11.2 Å². The van der Waals surface area contributed by atoms with Crippen LogP contribution in [-0.2, 0) is 0 Å². The topological polar surface area (TPSA) is 49.3 Å². The van der Waals surface area contributed by atoms with Gasteiger partial charge in [-0.3, -0.25) is 4.79 Å². The number of rotatable bonds is 7. The minimum Gasteiger partial charge on any atom is -0.396 e. The summed E-state index contributed by atoms with van der Waals surface area (Å²) in [7, 11) is 0. The summed E-state index contributed by atoms with van der Waals surface area (Å²) in [5.74, 6) is -0.355. The zero-order chi connectivity index (χ0) is 18.2. The molecule has 0 radical (unpaired) electrons. The summed E-state index contributed by atoms with van der Waals surface area (Å²) in [6, 6.07) is 8.18. The molecule has 0 bridgehead atoms. The molecule has 0 aliphatic rings. The van der Waals surface area contributed by atoms with E-state index in [0.29, 0.717) is 24.1 Å². The number of ketones is 1. The second kappa shape index (κ2) is 8.90. The maximum Gasteiger partial charge on any atom is 0.182 e. The Hall–Kier alpha value is -2.78. The number of carbonyl (C=O) groups is 1. The minimum absolute atomic E-state index is 0.0319. The van der Waals surface area contributed by atoms with Crippen molar-refractivity contribution in [3.05, 3.63) is 59.2 Å². The van der Waals surface area contributed by atoms with Gasteiger partial charge in [-0.2, -0.15) is 0 Å². The molecule has 0 saturated heterocycles. The van der Waals surface area contributed by atoms with E-state index in [1.54, 1.807) is 0 Å². The predicted octanol–water partition coefficient (Wildman–Crippen LogP) is 4.33. The van der Waals surface area contributed by atoms with Crippen LogP contribution in [0.2, 0.25) is 0 Å². The molecule has 0 fully saturated rings. The number of halogens is 3. The third-order valence-corrected chi connectivity index (χ3v) is 3.55. The summed E-state index contributed by atoms with van der Waals surface area (Å²) in [5.41, 5.74) is 0.606. The SMILES string of the molecule is O=C(CCCCO)c1ccc(F)c(F)c1Nc1ccc(C#CF)cc1. The Morgan fingerprint density at radius 1 is 1.08 bits per heavy atom. The minimum atomic E-state index is -1.15. The van der Waals surface area contributed by atoms with Gasteiger partial charge < -0.3 is 10.4 Å². The first-order valence-corrected chi connectivity index (χ1v) is 7.67. The van der Waals surface area contributed by atoms with Crippen LogP contribution in [0.3, 0.4) is 0 Å². The number of nitrogens with one attached hydrogen (secondary N) is 1. The summed E-state index contributed by atoms with van der Waals surface area (Å²) < 4.78 is 39.7. The molecule has 0 atom stereocenters. The molecule has 2 N–H and O–H groups in total. The molecular weight excluding hydrogens is 331 g/mol. The van der Waals surface area contributed by atoms with E-state index < -0.39 is 11.6 Å². The molecule has 6 heteroatoms. The summed E-state index contributed by atoms with van der Waals surface area (Å²) in [6.07, 6.45) is 2.29. The molecule has 130 valence electrons. The van der Waals surface area contributed by atoms with E-state index in [1.807, 2.05) is 0 Å². The van der Waals surface area contributed by atoms with Crippen molar-refractivity contribution in [2.75, 3.05) is 11.9 Å². The first-order valence-electron chi connectivity index (χ1n) is 7.67. The molecule has 0 aromatic heterocycles. The van der Waals surface area contributed by atoms with Crippen LogP contribution in [-0.4, -0.2) is 17.5 Å². The van der Waals surface area contributed by atoms with Crippen molar-refractivity contribution < 1.29 is 23.1 Å². The quantitative estimate of drug-likeness (QED) is 0.445. The smallest absolute Gasteiger partial charge is 0.182 e. The molecule has 0 aliphatic heterocycles. The van der Waals surface area contributed by atoms with Gasteiger partial charge in [-0.1, -0.05) is 0 Å². The average molecular weight is 347 g/mol. The molecule has 0 aliphatic carbocycles. The molecule has 3 nitrogen and oxygen atoms in total. The van der Waals surface area contributed by atoms with E-state index in [4.69, 9.17) is 5.11 Å². The largest absolute Gasteiger partial charge is 0.396 e. The van der Waals surface area contributed by atoms with Crippen molar-refractivity contribution in [2.24, 2.45) is 0 Å². The number of Topliss-reactive ketones (excluding diaryl/α,β-unsaturated/α-hetero) is 1. The van der Waals surface area contributed by atoms with E-state index in [1.165, 1.54) is 36.5 Å².